The van der Waals surface area contributed by atoms with Gasteiger partial charge in [-0.2, -0.15) is 13.2 Å². The number of nitrogens with zero attached hydrogens (tertiary/aromatic N) is 2. The lowest BCUT2D eigenvalue weighted by molar-refractivity contribution is -0.138. The van der Waals surface area contributed by atoms with Crippen LogP contribution >= 0.6 is 0 Å². The monoisotopic (exact) mass is 298 g/mol. The van der Waals surface area contributed by atoms with Crippen molar-refractivity contribution in [3.63, 3.8) is 0 Å². The zero-order chi connectivity index (χ0) is 14.8. The fraction of sp³-hybridized carbons (Fsp3) is 0.500. The van der Waals surface area contributed by atoms with E-state index in [0.29, 0.717) is 6.07 Å². The van der Waals surface area contributed by atoms with E-state index in [0.717, 1.165) is 21.1 Å². The first-order valence-corrected chi connectivity index (χ1v) is 6.83. The smallest absolute Gasteiger partial charge is 0.314 e. The van der Waals surface area contributed by atoms with E-state index in [1.165, 1.54) is 14.1 Å². The third-order valence-corrected chi connectivity index (χ3v) is 4.28. The Balaban J connectivity index is 3.03. The van der Waals surface area contributed by atoms with E-state index in [2.05, 4.69) is 0 Å². The summed E-state index contributed by atoms with van der Waals surface area (Å²) in [5.74, 6) is -0.443. The van der Waals surface area contributed by atoms with Crippen molar-refractivity contribution < 1.29 is 21.6 Å². The van der Waals surface area contributed by atoms with E-state index in [9.17, 15) is 26.4 Å². The van der Waals surface area contributed by atoms with Gasteiger partial charge in [0.15, 0.2) is 0 Å². The third kappa shape index (κ3) is 3.80. The number of sulfonamides is 1. The molecule has 1 rings (SSSR count). The standard InChI is InChI=1S/C10H13F3N2O3S/c1-14(2)19(17,18)7-6-15-5-3-4-8(9(15)16)10(11,12)13/h3-5H,6-7H2,1-2H3. The maximum Gasteiger partial charge on any atom is 0.421 e. The molecule has 5 nitrogen and oxygen atoms in total. The minimum Gasteiger partial charge on any atom is -0.314 e. The fourth-order valence-electron chi connectivity index (χ4n) is 1.32. The van der Waals surface area contributed by atoms with Crippen LogP contribution in [0.1, 0.15) is 5.56 Å². The molecule has 0 aromatic carbocycles. The van der Waals surface area contributed by atoms with Crippen LogP contribution in [0.3, 0.4) is 0 Å². The molecule has 1 heterocycles. The third-order valence-electron chi connectivity index (χ3n) is 2.47. The van der Waals surface area contributed by atoms with Crippen LogP contribution in [-0.4, -0.2) is 37.1 Å². The Morgan fingerprint density at radius 2 is 1.89 bits per heavy atom. The lowest BCUT2D eigenvalue weighted by atomic mass is 10.2. The molecule has 0 aliphatic rings. The quantitative estimate of drug-likeness (QED) is 0.824. The van der Waals surface area contributed by atoms with Crippen molar-refractivity contribution in [2.45, 2.75) is 12.7 Å². The van der Waals surface area contributed by atoms with E-state index in [1.54, 1.807) is 0 Å². The molecule has 0 fully saturated rings. The molecule has 108 valence electrons. The molecular formula is C10H13F3N2O3S. The van der Waals surface area contributed by atoms with Gasteiger partial charge in [-0.05, 0) is 12.1 Å². The average molecular weight is 298 g/mol. The molecule has 0 aliphatic heterocycles. The molecule has 19 heavy (non-hydrogen) atoms. The SMILES string of the molecule is CN(C)S(=O)(=O)CCn1cccc(C(F)(F)F)c1=O. The average Bonchev–Trinajstić information content (AvgIpc) is 2.25. The van der Waals surface area contributed by atoms with Crippen molar-refractivity contribution in [1.82, 2.24) is 8.87 Å². The summed E-state index contributed by atoms with van der Waals surface area (Å²) in [5.41, 5.74) is -2.55. The van der Waals surface area contributed by atoms with E-state index >= 15 is 0 Å². The van der Waals surface area contributed by atoms with Crippen LogP contribution < -0.4 is 5.56 Å². The van der Waals surface area contributed by atoms with Gasteiger partial charge in [0.05, 0.1) is 5.75 Å². The number of rotatable bonds is 4. The summed E-state index contributed by atoms with van der Waals surface area (Å²) in [6.45, 7) is -0.330. The summed E-state index contributed by atoms with van der Waals surface area (Å²) in [7, 11) is -0.950. The number of alkyl halides is 3. The molecule has 0 saturated carbocycles. The van der Waals surface area contributed by atoms with Crippen molar-refractivity contribution in [1.29, 1.82) is 0 Å². The van der Waals surface area contributed by atoms with Crippen LogP contribution in [-0.2, 0) is 22.7 Å². The first-order chi connectivity index (χ1) is 8.55. The minimum absolute atomic E-state index is 0.330. The van der Waals surface area contributed by atoms with Crippen LogP contribution in [0.25, 0.3) is 0 Å². The Labute approximate surface area is 108 Å². The largest absolute Gasteiger partial charge is 0.421 e. The summed E-state index contributed by atoms with van der Waals surface area (Å²) in [6, 6.07) is 1.73. The van der Waals surface area contributed by atoms with Crippen LogP contribution in [0.15, 0.2) is 23.1 Å². The zero-order valence-corrected chi connectivity index (χ0v) is 11.1. The van der Waals surface area contributed by atoms with Gasteiger partial charge in [0.1, 0.15) is 5.56 Å². The second kappa shape index (κ2) is 5.33. The summed E-state index contributed by atoms with van der Waals surface area (Å²) in [6.07, 6.45) is -3.62. The number of pyridine rings is 1. The number of halogens is 3. The molecule has 1 aromatic rings. The molecule has 0 N–H and O–H groups in total. The first kappa shape index (κ1) is 15.7. The predicted molar refractivity (Wildman–Crippen MR) is 63.2 cm³/mol. The maximum absolute atomic E-state index is 12.5. The Morgan fingerprint density at radius 1 is 1.32 bits per heavy atom. The van der Waals surface area contributed by atoms with Gasteiger partial charge in [-0.3, -0.25) is 4.79 Å². The van der Waals surface area contributed by atoms with Crippen molar-refractivity contribution >= 4 is 10.0 Å². The van der Waals surface area contributed by atoms with Gasteiger partial charge in [0, 0.05) is 26.8 Å². The van der Waals surface area contributed by atoms with E-state index in [-0.39, 0.29) is 6.54 Å². The molecule has 0 unspecified atom stereocenters. The van der Waals surface area contributed by atoms with Crippen molar-refractivity contribution in [3.05, 3.63) is 34.2 Å². The second-order valence-electron chi connectivity index (χ2n) is 4.02. The molecular weight excluding hydrogens is 285 g/mol. The van der Waals surface area contributed by atoms with Crippen molar-refractivity contribution in [3.8, 4) is 0 Å². The highest BCUT2D eigenvalue weighted by Crippen LogP contribution is 2.25. The van der Waals surface area contributed by atoms with Crippen molar-refractivity contribution in [2.75, 3.05) is 19.8 Å². The molecule has 1 aromatic heterocycles. The van der Waals surface area contributed by atoms with Crippen molar-refractivity contribution in [2.24, 2.45) is 0 Å². The van der Waals surface area contributed by atoms with E-state index < -0.39 is 33.1 Å². The molecule has 0 saturated heterocycles. The molecule has 0 radical (unpaired) electrons. The van der Waals surface area contributed by atoms with Crippen LogP contribution in [0.2, 0.25) is 0 Å². The lowest BCUT2D eigenvalue weighted by Crippen LogP contribution is -2.32. The number of aromatic nitrogens is 1. The Hall–Kier alpha value is -1.35. The van der Waals surface area contributed by atoms with Gasteiger partial charge < -0.3 is 4.57 Å². The van der Waals surface area contributed by atoms with Gasteiger partial charge in [-0.1, -0.05) is 0 Å². The Morgan fingerprint density at radius 3 is 2.37 bits per heavy atom. The van der Waals surface area contributed by atoms with Gasteiger partial charge in [-0.15, -0.1) is 0 Å². The summed E-state index contributed by atoms with van der Waals surface area (Å²) < 4.78 is 62.1. The second-order valence-corrected chi connectivity index (χ2v) is 6.32. The first-order valence-electron chi connectivity index (χ1n) is 5.22. The zero-order valence-electron chi connectivity index (χ0n) is 10.3. The normalized spacial score (nSPS) is 12.9. The molecule has 0 aliphatic carbocycles. The van der Waals surface area contributed by atoms with Crippen LogP contribution in [0.5, 0.6) is 0 Å². The Bertz CT molecular complexity index is 605. The van der Waals surface area contributed by atoms with E-state index in [4.69, 9.17) is 0 Å². The topological polar surface area (TPSA) is 59.4 Å². The highest BCUT2D eigenvalue weighted by atomic mass is 32.2. The van der Waals surface area contributed by atoms with Crippen LogP contribution in [0.4, 0.5) is 13.2 Å². The molecule has 0 atom stereocenters. The maximum atomic E-state index is 12.5. The number of aryl methyl sites for hydroxylation is 1. The molecule has 0 bridgehead atoms. The van der Waals surface area contributed by atoms with Gasteiger partial charge in [0.25, 0.3) is 5.56 Å². The van der Waals surface area contributed by atoms with Gasteiger partial charge in [-0.25, -0.2) is 12.7 Å². The molecule has 0 spiro atoms. The summed E-state index contributed by atoms with van der Waals surface area (Å²) in [5, 5.41) is 0. The predicted octanol–water partition coefficient (Wildman–Crippen LogP) is 0.758. The Kier molecular flexibility index (Phi) is 4.41. The fourth-order valence-corrected chi connectivity index (χ4v) is 2.12. The minimum atomic E-state index is -4.75. The van der Waals surface area contributed by atoms with Gasteiger partial charge >= 0.3 is 6.18 Å². The number of hydrogen-bond acceptors (Lipinski definition) is 3. The van der Waals surface area contributed by atoms with Crippen LogP contribution in [0, 0.1) is 0 Å². The summed E-state index contributed by atoms with van der Waals surface area (Å²) in [4.78, 5) is 11.5. The molecule has 9 heteroatoms. The molecule has 0 amide bonds. The number of hydrogen-bond donors (Lipinski definition) is 0. The van der Waals surface area contributed by atoms with Gasteiger partial charge in [0.2, 0.25) is 10.0 Å². The summed E-state index contributed by atoms with van der Waals surface area (Å²) >= 11 is 0. The highest BCUT2D eigenvalue weighted by Gasteiger charge is 2.34. The lowest BCUT2D eigenvalue weighted by Gasteiger charge is -2.13. The highest BCUT2D eigenvalue weighted by molar-refractivity contribution is 7.89. The van der Waals surface area contributed by atoms with E-state index in [1.807, 2.05) is 0 Å².